The molecule has 0 atom stereocenters. The Morgan fingerprint density at radius 1 is 1.25 bits per heavy atom. The molecule has 0 unspecified atom stereocenters. The van der Waals surface area contributed by atoms with Crippen LogP contribution in [0.4, 0.5) is 13.2 Å². The summed E-state index contributed by atoms with van der Waals surface area (Å²) in [6.45, 7) is 8.12. The Morgan fingerprint density at radius 2 is 1.95 bits per heavy atom. The maximum Gasteiger partial charge on any atom is 0.420 e. The molecule has 3 heterocycles. The summed E-state index contributed by atoms with van der Waals surface area (Å²) in [6, 6.07) is 0.381. The van der Waals surface area contributed by atoms with Crippen molar-refractivity contribution in [2.24, 2.45) is 0 Å². The van der Waals surface area contributed by atoms with Crippen molar-refractivity contribution in [3.8, 4) is 0 Å². The maximum absolute atomic E-state index is 13.0. The van der Waals surface area contributed by atoms with Crippen molar-refractivity contribution < 1.29 is 17.6 Å². The molecule has 0 saturated carbocycles. The average Bonchev–Trinajstić information content (AvgIpc) is 2.90. The zero-order valence-corrected chi connectivity index (χ0v) is 11.7. The highest BCUT2D eigenvalue weighted by molar-refractivity contribution is 5.85. The summed E-state index contributed by atoms with van der Waals surface area (Å²) in [5, 5.41) is 0.220. The lowest BCUT2D eigenvalue weighted by Crippen LogP contribution is -2.38. The van der Waals surface area contributed by atoms with E-state index in [1.807, 2.05) is 4.57 Å². The van der Waals surface area contributed by atoms with Gasteiger partial charge >= 0.3 is 6.18 Å². The number of furan rings is 1. The standard InChI is InChI=1S/C14H17F3N2O/c1-8(2)18-4-5-19-11(6-18)9(3)12-10(14(15,16)17)7-20-13(12)19/h7-8H,4-6H2,1-3H3. The highest BCUT2D eigenvalue weighted by Crippen LogP contribution is 2.40. The first-order valence-corrected chi connectivity index (χ1v) is 6.71. The molecule has 0 aromatic carbocycles. The van der Waals surface area contributed by atoms with Crippen LogP contribution < -0.4 is 0 Å². The van der Waals surface area contributed by atoms with Crippen molar-refractivity contribution in [1.29, 1.82) is 0 Å². The molecule has 6 heteroatoms. The Labute approximate surface area is 114 Å². The monoisotopic (exact) mass is 286 g/mol. The second kappa shape index (κ2) is 4.28. The molecule has 0 spiro atoms. The van der Waals surface area contributed by atoms with Gasteiger partial charge in [0.05, 0.1) is 5.39 Å². The van der Waals surface area contributed by atoms with Crippen LogP contribution in [0.2, 0.25) is 0 Å². The molecule has 0 saturated heterocycles. The van der Waals surface area contributed by atoms with Gasteiger partial charge in [0.1, 0.15) is 11.8 Å². The molecular formula is C14H17F3N2O. The fraction of sp³-hybridized carbons (Fsp3) is 0.571. The maximum atomic E-state index is 13.0. The zero-order chi connectivity index (χ0) is 14.7. The van der Waals surface area contributed by atoms with Crippen LogP contribution in [-0.2, 0) is 19.3 Å². The van der Waals surface area contributed by atoms with E-state index in [2.05, 4.69) is 18.7 Å². The summed E-state index contributed by atoms with van der Waals surface area (Å²) in [7, 11) is 0. The van der Waals surface area contributed by atoms with E-state index in [1.54, 1.807) is 6.92 Å². The molecular weight excluding hydrogens is 269 g/mol. The molecule has 0 amide bonds. The van der Waals surface area contributed by atoms with Gasteiger partial charge in [-0.25, -0.2) is 0 Å². The van der Waals surface area contributed by atoms with Crippen LogP contribution in [0.3, 0.4) is 0 Å². The molecule has 0 radical (unpaired) electrons. The quantitative estimate of drug-likeness (QED) is 0.795. The lowest BCUT2D eigenvalue weighted by atomic mass is 10.1. The van der Waals surface area contributed by atoms with Crippen LogP contribution in [0.1, 0.15) is 30.7 Å². The molecule has 3 nitrogen and oxygen atoms in total. The highest BCUT2D eigenvalue weighted by atomic mass is 19.4. The van der Waals surface area contributed by atoms with Gasteiger partial charge in [-0.3, -0.25) is 4.90 Å². The minimum absolute atomic E-state index is 0.220. The van der Waals surface area contributed by atoms with E-state index in [9.17, 15) is 13.2 Å². The van der Waals surface area contributed by atoms with Crippen molar-refractivity contribution in [1.82, 2.24) is 9.47 Å². The zero-order valence-electron chi connectivity index (χ0n) is 11.7. The Kier molecular flexibility index (Phi) is 2.90. The Morgan fingerprint density at radius 3 is 2.55 bits per heavy atom. The van der Waals surface area contributed by atoms with Crippen molar-refractivity contribution in [2.75, 3.05) is 6.54 Å². The molecule has 3 rings (SSSR count). The molecule has 2 aromatic heterocycles. The van der Waals surface area contributed by atoms with Crippen LogP contribution in [0.15, 0.2) is 10.7 Å². The number of aryl methyl sites for hydroxylation is 1. The molecule has 0 aliphatic carbocycles. The largest absolute Gasteiger partial charge is 0.447 e. The molecule has 110 valence electrons. The molecule has 0 fully saturated rings. The van der Waals surface area contributed by atoms with Gasteiger partial charge in [0.25, 0.3) is 0 Å². The van der Waals surface area contributed by atoms with Crippen LogP contribution in [0.25, 0.3) is 11.1 Å². The van der Waals surface area contributed by atoms with E-state index in [0.29, 0.717) is 30.4 Å². The molecule has 0 N–H and O–H groups in total. The third-order valence-corrected chi connectivity index (χ3v) is 4.15. The average molecular weight is 286 g/mol. The Hall–Kier alpha value is -1.43. The van der Waals surface area contributed by atoms with Gasteiger partial charge in [-0.15, -0.1) is 0 Å². The van der Waals surface area contributed by atoms with Gasteiger partial charge in [0, 0.05) is 31.4 Å². The van der Waals surface area contributed by atoms with E-state index in [-0.39, 0.29) is 5.39 Å². The normalized spacial score (nSPS) is 17.1. The smallest absolute Gasteiger partial charge is 0.420 e. The Balaban J connectivity index is 2.16. The first-order chi connectivity index (χ1) is 9.30. The van der Waals surface area contributed by atoms with E-state index in [1.165, 1.54) is 0 Å². The number of hydrogen-bond acceptors (Lipinski definition) is 2. The molecule has 2 aromatic rings. The minimum atomic E-state index is -4.37. The molecule has 1 aliphatic rings. The van der Waals surface area contributed by atoms with Gasteiger partial charge < -0.3 is 8.98 Å². The first-order valence-electron chi connectivity index (χ1n) is 6.71. The van der Waals surface area contributed by atoms with Crippen LogP contribution in [-0.4, -0.2) is 22.1 Å². The third kappa shape index (κ3) is 1.85. The van der Waals surface area contributed by atoms with Crippen LogP contribution in [0, 0.1) is 6.92 Å². The summed E-state index contributed by atoms with van der Waals surface area (Å²) < 4.78 is 46.2. The van der Waals surface area contributed by atoms with Crippen LogP contribution in [0.5, 0.6) is 0 Å². The topological polar surface area (TPSA) is 21.3 Å². The minimum Gasteiger partial charge on any atom is -0.447 e. The van der Waals surface area contributed by atoms with Crippen molar-refractivity contribution in [3.05, 3.63) is 23.1 Å². The van der Waals surface area contributed by atoms with E-state index < -0.39 is 11.7 Å². The summed E-state index contributed by atoms with van der Waals surface area (Å²) in [5.41, 5.74) is 1.31. The number of alkyl halides is 3. The van der Waals surface area contributed by atoms with Gasteiger partial charge in [0.15, 0.2) is 0 Å². The summed E-state index contributed by atoms with van der Waals surface area (Å²) >= 11 is 0. The molecule has 0 bridgehead atoms. The predicted octanol–water partition coefficient (Wildman–Crippen LogP) is 3.79. The summed E-state index contributed by atoms with van der Waals surface area (Å²) in [6.07, 6.45) is -3.54. The number of fused-ring (bicyclic) bond motifs is 3. The van der Waals surface area contributed by atoms with Gasteiger partial charge in [-0.05, 0) is 26.3 Å². The highest BCUT2D eigenvalue weighted by Gasteiger charge is 2.38. The number of rotatable bonds is 1. The van der Waals surface area contributed by atoms with E-state index in [0.717, 1.165) is 18.5 Å². The van der Waals surface area contributed by atoms with Gasteiger partial charge in [-0.1, -0.05) is 0 Å². The number of nitrogens with zero attached hydrogens (tertiary/aromatic N) is 2. The summed E-state index contributed by atoms with van der Waals surface area (Å²) in [5.74, 6) is 0. The van der Waals surface area contributed by atoms with Gasteiger partial charge in [-0.2, -0.15) is 13.2 Å². The summed E-state index contributed by atoms with van der Waals surface area (Å²) in [4.78, 5) is 2.26. The third-order valence-electron chi connectivity index (χ3n) is 4.15. The van der Waals surface area contributed by atoms with Crippen molar-refractivity contribution in [2.45, 2.75) is 46.1 Å². The SMILES string of the molecule is Cc1c2n(c3occ(C(F)(F)F)c13)CCN(C(C)C)C2. The van der Waals surface area contributed by atoms with E-state index in [4.69, 9.17) is 4.42 Å². The number of halogens is 3. The van der Waals surface area contributed by atoms with Crippen molar-refractivity contribution in [3.63, 3.8) is 0 Å². The fourth-order valence-electron chi connectivity index (χ4n) is 2.97. The lowest BCUT2D eigenvalue weighted by Gasteiger charge is -2.32. The van der Waals surface area contributed by atoms with Gasteiger partial charge in [0.2, 0.25) is 5.71 Å². The second-order valence-electron chi connectivity index (χ2n) is 5.61. The molecule has 1 aliphatic heterocycles. The number of hydrogen-bond donors (Lipinski definition) is 0. The Bertz CT molecular complexity index is 651. The number of aromatic nitrogens is 1. The first kappa shape index (κ1) is 13.5. The van der Waals surface area contributed by atoms with Crippen LogP contribution >= 0.6 is 0 Å². The lowest BCUT2D eigenvalue weighted by molar-refractivity contribution is -0.136. The van der Waals surface area contributed by atoms with Crippen molar-refractivity contribution >= 4 is 11.1 Å². The van der Waals surface area contributed by atoms with E-state index >= 15 is 0 Å². The fourth-order valence-corrected chi connectivity index (χ4v) is 2.97. The predicted molar refractivity (Wildman–Crippen MR) is 69.5 cm³/mol. The molecule has 20 heavy (non-hydrogen) atoms. The second-order valence-corrected chi connectivity index (χ2v) is 5.61.